The number of hydrogen-bond acceptors (Lipinski definition) is 3. The molecular formula is C5H10O3Si. The van der Waals surface area contributed by atoms with E-state index in [4.69, 9.17) is 0 Å². The molecule has 0 N–H and O–H groups in total. The standard InChI is InChI=1S/C5H10O3Si/c1-2-7-5(6)8-3-4-9/h2H,1,3-4H2,9H3. The third kappa shape index (κ3) is 5.09. The quantitative estimate of drug-likeness (QED) is 0.321. The highest BCUT2D eigenvalue weighted by Crippen LogP contribution is 1.85. The van der Waals surface area contributed by atoms with Crippen molar-refractivity contribution in [3.8, 4) is 0 Å². The van der Waals surface area contributed by atoms with E-state index in [9.17, 15) is 4.79 Å². The van der Waals surface area contributed by atoms with Gasteiger partial charge < -0.3 is 9.47 Å². The Morgan fingerprint density at radius 2 is 2.44 bits per heavy atom. The first-order chi connectivity index (χ1) is 4.31. The molecule has 3 nitrogen and oxygen atoms in total. The molecule has 0 heterocycles. The molecule has 0 amide bonds. The maximum Gasteiger partial charge on any atom is 0.513 e. The highest BCUT2D eigenvalue weighted by molar-refractivity contribution is 6.08. The van der Waals surface area contributed by atoms with E-state index in [0.717, 1.165) is 22.5 Å². The van der Waals surface area contributed by atoms with Crippen LogP contribution in [0, 0.1) is 0 Å². The number of ether oxygens (including phenoxy) is 2. The average molecular weight is 146 g/mol. The van der Waals surface area contributed by atoms with Crippen molar-refractivity contribution in [2.24, 2.45) is 0 Å². The molecule has 0 fully saturated rings. The van der Waals surface area contributed by atoms with E-state index in [2.05, 4.69) is 16.1 Å². The fourth-order valence-corrected chi connectivity index (χ4v) is 0.492. The van der Waals surface area contributed by atoms with Crippen molar-refractivity contribution in [3.05, 3.63) is 12.8 Å². The molecule has 0 saturated carbocycles. The van der Waals surface area contributed by atoms with Gasteiger partial charge >= 0.3 is 6.16 Å². The topological polar surface area (TPSA) is 35.5 Å². The molecule has 0 aromatic rings. The van der Waals surface area contributed by atoms with Crippen LogP contribution in [0.4, 0.5) is 4.79 Å². The highest BCUT2D eigenvalue weighted by Gasteiger charge is 1.96. The van der Waals surface area contributed by atoms with Crippen LogP contribution in [-0.2, 0) is 9.47 Å². The van der Waals surface area contributed by atoms with Gasteiger partial charge in [-0.15, -0.1) is 0 Å². The summed E-state index contributed by atoms with van der Waals surface area (Å²) in [7, 11) is 1.04. The molecule has 0 radical (unpaired) electrons. The summed E-state index contributed by atoms with van der Waals surface area (Å²) in [5.74, 6) is 0. The van der Waals surface area contributed by atoms with Crippen molar-refractivity contribution in [3.63, 3.8) is 0 Å². The van der Waals surface area contributed by atoms with E-state index >= 15 is 0 Å². The van der Waals surface area contributed by atoms with E-state index in [0.29, 0.717) is 6.61 Å². The molecule has 0 unspecified atom stereocenters. The molecule has 0 aliphatic rings. The Morgan fingerprint density at radius 3 is 2.89 bits per heavy atom. The first kappa shape index (κ1) is 8.23. The van der Waals surface area contributed by atoms with E-state index in [-0.39, 0.29) is 0 Å². The minimum absolute atomic E-state index is 0.457. The predicted octanol–water partition coefficient (Wildman–Crippen LogP) is 0.0668. The summed E-state index contributed by atoms with van der Waals surface area (Å²) in [6.45, 7) is 3.65. The van der Waals surface area contributed by atoms with Crippen LogP contribution in [0.1, 0.15) is 0 Å². The van der Waals surface area contributed by atoms with Crippen LogP contribution >= 0.6 is 0 Å². The number of rotatable bonds is 3. The van der Waals surface area contributed by atoms with Crippen LogP contribution in [0.2, 0.25) is 6.04 Å². The van der Waals surface area contributed by atoms with Gasteiger partial charge in [0, 0.05) is 10.2 Å². The minimum Gasteiger partial charge on any atom is -0.434 e. The molecule has 0 aliphatic carbocycles. The Labute approximate surface area is 57.1 Å². The Balaban J connectivity index is 3.16. The molecule has 0 aromatic heterocycles. The molecule has 0 aliphatic heterocycles. The Morgan fingerprint density at radius 1 is 1.78 bits per heavy atom. The molecule has 0 bridgehead atoms. The molecule has 0 spiro atoms. The summed E-state index contributed by atoms with van der Waals surface area (Å²) in [6.07, 6.45) is 0.385. The molecule has 9 heavy (non-hydrogen) atoms. The molecule has 0 atom stereocenters. The Hall–Kier alpha value is -0.773. The highest BCUT2D eigenvalue weighted by atomic mass is 28.1. The molecular weight excluding hydrogens is 136 g/mol. The summed E-state index contributed by atoms with van der Waals surface area (Å²) in [6, 6.07) is 0.937. The van der Waals surface area contributed by atoms with Gasteiger partial charge in [-0.2, -0.15) is 0 Å². The first-order valence-corrected chi connectivity index (χ1v) is 4.17. The van der Waals surface area contributed by atoms with E-state index in [1.807, 2.05) is 0 Å². The van der Waals surface area contributed by atoms with Gasteiger partial charge in [-0.1, -0.05) is 6.58 Å². The van der Waals surface area contributed by atoms with Crippen LogP contribution in [0.25, 0.3) is 0 Å². The van der Waals surface area contributed by atoms with Crippen molar-refractivity contribution >= 4 is 16.4 Å². The maximum atomic E-state index is 10.3. The molecule has 52 valence electrons. The van der Waals surface area contributed by atoms with Gasteiger partial charge in [0.25, 0.3) is 0 Å². The second kappa shape index (κ2) is 5.37. The molecule has 4 heteroatoms. The Bertz CT molecular complexity index is 102. The largest absolute Gasteiger partial charge is 0.513 e. The summed E-state index contributed by atoms with van der Waals surface area (Å²) in [4.78, 5) is 10.3. The third-order valence-electron chi connectivity index (χ3n) is 0.604. The summed E-state index contributed by atoms with van der Waals surface area (Å²) in [5, 5.41) is 0. The Kier molecular flexibility index (Phi) is 4.90. The lowest BCUT2D eigenvalue weighted by molar-refractivity contribution is 0.0897. The van der Waals surface area contributed by atoms with Crippen LogP contribution in [0.5, 0.6) is 0 Å². The summed E-state index contributed by atoms with van der Waals surface area (Å²) >= 11 is 0. The van der Waals surface area contributed by atoms with Crippen LogP contribution in [-0.4, -0.2) is 23.0 Å². The SMILES string of the molecule is C=COC(=O)OCC[SiH3]. The second-order valence-corrected chi connectivity index (χ2v) is 2.38. The maximum absolute atomic E-state index is 10.3. The first-order valence-electron chi connectivity index (χ1n) is 2.75. The predicted molar refractivity (Wildman–Crippen MR) is 37.4 cm³/mol. The smallest absolute Gasteiger partial charge is 0.434 e. The zero-order chi connectivity index (χ0) is 7.11. The van der Waals surface area contributed by atoms with Gasteiger partial charge in [0.05, 0.1) is 12.9 Å². The van der Waals surface area contributed by atoms with Crippen molar-refractivity contribution in [2.45, 2.75) is 6.04 Å². The minimum atomic E-state index is -0.666. The van der Waals surface area contributed by atoms with Gasteiger partial charge in [0.2, 0.25) is 0 Å². The van der Waals surface area contributed by atoms with Gasteiger partial charge in [-0.25, -0.2) is 4.79 Å². The lowest BCUT2D eigenvalue weighted by Crippen LogP contribution is -2.03. The second-order valence-electron chi connectivity index (χ2n) is 1.38. The van der Waals surface area contributed by atoms with E-state index in [1.165, 1.54) is 0 Å². The van der Waals surface area contributed by atoms with Crippen molar-refractivity contribution < 1.29 is 14.3 Å². The monoisotopic (exact) mass is 146 g/mol. The zero-order valence-electron chi connectivity index (χ0n) is 5.42. The number of carbonyl (C=O) groups is 1. The van der Waals surface area contributed by atoms with Crippen molar-refractivity contribution in [1.82, 2.24) is 0 Å². The molecule has 0 aromatic carbocycles. The van der Waals surface area contributed by atoms with Gasteiger partial charge in [0.1, 0.15) is 0 Å². The van der Waals surface area contributed by atoms with Crippen LogP contribution in [0.3, 0.4) is 0 Å². The van der Waals surface area contributed by atoms with Crippen LogP contribution < -0.4 is 0 Å². The third-order valence-corrected chi connectivity index (χ3v) is 1.01. The summed E-state index contributed by atoms with van der Waals surface area (Å²) in [5.41, 5.74) is 0. The van der Waals surface area contributed by atoms with Gasteiger partial charge in [0.15, 0.2) is 0 Å². The van der Waals surface area contributed by atoms with Crippen molar-refractivity contribution in [1.29, 1.82) is 0 Å². The van der Waals surface area contributed by atoms with E-state index in [1.54, 1.807) is 0 Å². The average Bonchev–Trinajstić information content (AvgIpc) is 1.85. The van der Waals surface area contributed by atoms with Crippen molar-refractivity contribution in [2.75, 3.05) is 6.61 Å². The fourth-order valence-electron chi connectivity index (χ4n) is 0.287. The lowest BCUT2D eigenvalue weighted by atomic mass is 10.8. The fraction of sp³-hybridized carbons (Fsp3) is 0.400. The zero-order valence-corrected chi connectivity index (χ0v) is 7.42. The van der Waals surface area contributed by atoms with E-state index < -0.39 is 6.16 Å². The lowest BCUT2D eigenvalue weighted by Gasteiger charge is -1.98. The normalized spacial score (nSPS) is 8.44. The number of carbonyl (C=O) groups excluding carboxylic acids is 1. The van der Waals surface area contributed by atoms with Crippen LogP contribution in [0.15, 0.2) is 12.8 Å². The molecule has 0 rings (SSSR count). The van der Waals surface area contributed by atoms with Gasteiger partial charge in [-0.05, 0) is 6.04 Å². The number of hydrogen-bond donors (Lipinski definition) is 0. The van der Waals surface area contributed by atoms with Gasteiger partial charge in [-0.3, -0.25) is 0 Å². The summed E-state index contributed by atoms with van der Waals surface area (Å²) < 4.78 is 8.80. The molecule has 0 saturated heterocycles.